The first-order chi connectivity index (χ1) is 9.69. The third-order valence-electron chi connectivity index (χ3n) is 2.69. The van der Waals surface area contributed by atoms with Crippen molar-refractivity contribution in [2.75, 3.05) is 5.32 Å². The molecule has 0 fully saturated rings. The van der Waals surface area contributed by atoms with E-state index in [0.29, 0.717) is 17.9 Å². The Hall–Kier alpha value is -2.75. The quantitative estimate of drug-likeness (QED) is 0.497. The van der Waals surface area contributed by atoms with Crippen LogP contribution in [0.5, 0.6) is 11.5 Å². The second kappa shape index (κ2) is 6.43. The van der Waals surface area contributed by atoms with Crippen LogP contribution in [0.1, 0.15) is 5.56 Å². The number of phenols is 1. The van der Waals surface area contributed by atoms with Gasteiger partial charge in [-0.1, -0.05) is 24.8 Å². The van der Waals surface area contributed by atoms with E-state index in [9.17, 15) is 9.90 Å². The van der Waals surface area contributed by atoms with Crippen molar-refractivity contribution in [3.8, 4) is 11.5 Å². The van der Waals surface area contributed by atoms with E-state index in [0.717, 1.165) is 11.8 Å². The predicted octanol–water partition coefficient (Wildman–Crippen LogP) is 3.10. The van der Waals surface area contributed by atoms with Crippen molar-refractivity contribution in [2.24, 2.45) is 0 Å². The highest BCUT2D eigenvalue weighted by Crippen LogP contribution is 2.24. The lowest BCUT2D eigenvalue weighted by Crippen LogP contribution is -2.04. The molecular weight excluding hydrogens is 254 g/mol. The maximum Gasteiger partial charge on any atom is 0.335 e. The summed E-state index contributed by atoms with van der Waals surface area (Å²) in [5.74, 6) is -0.0120. The van der Waals surface area contributed by atoms with E-state index >= 15 is 0 Å². The zero-order valence-electron chi connectivity index (χ0n) is 10.9. The molecule has 2 aromatic rings. The molecule has 102 valence electrons. The molecule has 2 rings (SSSR count). The summed E-state index contributed by atoms with van der Waals surface area (Å²) in [6.45, 7) is 3.76. The predicted molar refractivity (Wildman–Crippen MR) is 77.7 cm³/mol. The summed E-state index contributed by atoms with van der Waals surface area (Å²) in [6.07, 6.45) is 1.09. The van der Waals surface area contributed by atoms with Gasteiger partial charge in [-0.05, 0) is 30.3 Å². The Morgan fingerprint density at radius 3 is 2.70 bits per heavy atom. The Bertz CT molecular complexity index is 608. The van der Waals surface area contributed by atoms with Gasteiger partial charge in [0.25, 0.3) is 0 Å². The van der Waals surface area contributed by atoms with Crippen molar-refractivity contribution >= 4 is 11.7 Å². The first-order valence-corrected chi connectivity index (χ1v) is 6.14. The van der Waals surface area contributed by atoms with Crippen molar-refractivity contribution in [2.45, 2.75) is 6.54 Å². The number of carbonyl (C=O) groups is 1. The summed E-state index contributed by atoms with van der Waals surface area (Å²) < 4.78 is 5.02. The molecule has 0 amide bonds. The molecule has 0 unspecified atom stereocenters. The molecule has 20 heavy (non-hydrogen) atoms. The highest BCUT2D eigenvalue weighted by Gasteiger charge is 2.06. The van der Waals surface area contributed by atoms with Gasteiger partial charge in [-0.15, -0.1) is 0 Å². The number of aromatic hydroxyl groups is 1. The number of esters is 1. The normalized spacial score (nSPS) is 9.80. The van der Waals surface area contributed by atoms with Crippen LogP contribution in [0, 0.1) is 0 Å². The van der Waals surface area contributed by atoms with Crippen LogP contribution in [0.3, 0.4) is 0 Å². The minimum absolute atomic E-state index is 0.145. The topological polar surface area (TPSA) is 58.6 Å². The lowest BCUT2D eigenvalue weighted by Gasteiger charge is -2.10. The molecule has 0 bridgehead atoms. The number of benzene rings is 2. The van der Waals surface area contributed by atoms with Crippen LogP contribution in [0.15, 0.2) is 61.2 Å². The van der Waals surface area contributed by atoms with Gasteiger partial charge >= 0.3 is 5.97 Å². The number of carbonyl (C=O) groups excluding carboxylic acids is 1. The Kier molecular flexibility index (Phi) is 4.39. The van der Waals surface area contributed by atoms with Crippen LogP contribution in [-0.4, -0.2) is 11.1 Å². The summed E-state index contributed by atoms with van der Waals surface area (Å²) in [6, 6.07) is 14.3. The van der Waals surface area contributed by atoms with Crippen LogP contribution in [0.4, 0.5) is 5.69 Å². The van der Waals surface area contributed by atoms with Crippen LogP contribution in [-0.2, 0) is 11.3 Å². The second-order valence-corrected chi connectivity index (χ2v) is 4.14. The SMILES string of the molecule is C=CC(=O)Oc1ccc(O)c(CNc2ccccc2)c1. The van der Waals surface area contributed by atoms with E-state index < -0.39 is 5.97 Å². The monoisotopic (exact) mass is 269 g/mol. The van der Waals surface area contributed by atoms with Gasteiger partial charge in [0, 0.05) is 23.9 Å². The molecule has 0 saturated heterocycles. The fourth-order valence-corrected chi connectivity index (χ4v) is 1.68. The molecule has 0 saturated carbocycles. The number of ether oxygens (including phenoxy) is 1. The maximum absolute atomic E-state index is 11.1. The standard InChI is InChI=1S/C16H15NO3/c1-2-16(19)20-14-8-9-15(18)12(10-14)11-17-13-6-4-3-5-7-13/h2-10,17-18H,1,11H2. The summed E-state index contributed by atoms with van der Waals surface area (Å²) >= 11 is 0. The number of para-hydroxylation sites is 1. The van der Waals surface area contributed by atoms with Gasteiger partial charge in [-0.2, -0.15) is 0 Å². The highest BCUT2D eigenvalue weighted by atomic mass is 16.5. The van der Waals surface area contributed by atoms with E-state index in [-0.39, 0.29) is 5.75 Å². The van der Waals surface area contributed by atoms with Gasteiger partial charge in [0.2, 0.25) is 0 Å². The molecule has 0 aliphatic carbocycles. The molecule has 0 heterocycles. The summed E-state index contributed by atoms with van der Waals surface area (Å²) in [5, 5.41) is 13.0. The maximum atomic E-state index is 11.1. The molecule has 0 aliphatic heterocycles. The van der Waals surface area contributed by atoms with Crippen molar-refractivity contribution in [1.82, 2.24) is 0 Å². The number of hydrogen-bond donors (Lipinski definition) is 2. The lowest BCUT2D eigenvalue weighted by atomic mass is 10.2. The summed E-state index contributed by atoms with van der Waals surface area (Å²) in [4.78, 5) is 11.1. The van der Waals surface area contributed by atoms with Gasteiger partial charge in [0.15, 0.2) is 0 Å². The van der Waals surface area contributed by atoms with Gasteiger partial charge < -0.3 is 15.2 Å². The molecule has 4 heteroatoms. The third kappa shape index (κ3) is 3.62. The average Bonchev–Trinajstić information content (AvgIpc) is 2.48. The summed E-state index contributed by atoms with van der Waals surface area (Å²) in [5.41, 5.74) is 1.59. The van der Waals surface area contributed by atoms with E-state index in [1.807, 2.05) is 30.3 Å². The Labute approximate surface area is 117 Å². The van der Waals surface area contributed by atoms with Crippen molar-refractivity contribution in [3.63, 3.8) is 0 Å². The zero-order chi connectivity index (χ0) is 14.4. The number of hydrogen-bond acceptors (Lipinski definition) is 4. The number of nitrogens with one attached hydrogen (secondary N) is 1. The van der Waals surface area contributed by atoms with Crippen LogP contribution in [0.25, 0.3) is 0 Å². The van der Waals surface area contributed by atoms with Crippen molar-refractivity contribution < 1.29 is 14.6 Å². The molecule has 0 spiro atoms. The van der Waals surface area contributed by atoms with Crippen LogP contribution < -0.4 is 10.1 Å². The minimum atomic E-state index is -0.530. The van der Waals surface area contributed by atoms with E-state index in [1.54, 1.807) is 6.07 Å². The number of rotatable bonds is 5. The Balaban J connectivity index is 2.08. The highest BCUT2D eigenvalue weighted by molar-refractivity contribution is 5.83. The molecule has 0 aromatic heterocycles. The van der Waals surface area contributed by atoms with E-state index in [4.69, 9.17) is 4.74 Å². The summed E-state index contributed by atoms with van der Waals surface area (Å²) in [7, 11) is 0. The smallest absolute Gasteiger partial charge is 0.335 e. The minimum Gasteiger partial charge on any atom is -0.508 e. The van der Waals surface area contributed by atoms with Crippen molar-refractivity contribution in [3.05, 3.63) is 66.7 Å². The van der Waals surface area contributed by atoms with Crippen LogP contribution in [0.2, 0.25) is 0 Å². The number of anilines is 1. The molecule has 0 radical (unpaired) electrons. The lowest BCUT2D eigenvalue weighted by molar-refractivity contribution is -0.128. The largest absolute Gasteiger partial charge is 0.508 e. The molecule has 2 N–H and O–H groups in total. The van der Waals surface area contributed by atoms with Crippen LogP contribution >= 0.6 is 0 Å². The van der Waals surface area contributed by atoms with Gasteiger partial charge in [0.05, 0.1) is 0 Å². The molecular formula is C16H15NO3. The van der Waals surface area contributed by atoms with Gasteiger partial charge in [-0.3, -0.25) is 0 Å². The zero-order valence-corrected chi connectivity index (χ0v) is 10.9. The molecule has 0 atom stereocenters. The first kappa shape index (κ1) is 13.7. The van der Waals surface area contributed by atoms with E-state index in [2.05, 4.69) is 11.9 Å². The van der Waals surface area contributed by atoms with Gasteiger partial charge in [-0.25, -0.2) is 4.79 Å². The fourth-order valence-electron chi connectivity index (χ4n) is 1.68. The average molecular weight is 269 g/mol. The van der Waals surface area contributed by atoms with Gasteiger partial charge in [0.1, 0.15) is 11.5 Å². The van der Waals surface area contributed by atoms with E-state index in [1.165, 1.54) is 12.1 Å². The first-order valence-electron chi connectivity index (χ1n) is 6.14. The third-order valence-corrected chi connectivity index (χ3v) is 2.69. The second-order valence-electron chi connectivity index (χ2n) is 4.14. The van der Waals surface area contributed by atoms with Crippen molar-refractivity contribution in [1.29, 1.82) is 0 Å². The Morgan fingerprint density at radius 2 is 2.00 bits per heavy atom. The molecule has 2 aromatic carbocycles. The molecule has 4 nitrogen and oxygen atoms in total. The number of phenolic OH excluding ortho intramolecular Hbond substituents is 1. The fraction of sp³-hybridized carbons (Fsp3) is 0.0625. The molecule has 0 aliphatic rings. The Morgan fingerprint density at radius 1 is 1.25 bits per heavy atom.